The number of aryl methyl sites for hydroxylation is 1. The topological polar surface area (TPSA) is 38.7 Å². The maximum Gasteiger partial charge on any atom is 0.189 e. The molecule has 0 aliphatic carbocycles. The first-order chi connectivity index (χ1) is 7.13. The van der Waals surface area contributed by atoms with Crippen molar-refractivity contribution in [2.24, 2.45) is 0 Å². The molecule has 1 N–H and O–H groups in total. The standard InChI is InChI=1S/C12H16O3/c1-9-3-4-10-6-14-12(2,8-13)15-7-11(10)5-9/h3-5,13H,6-8H2,1-2H3. The molecule has 1 heterocycles. The Morgan fingerprint density at radius 3 is 2.60 bits per heavy atom. The van der Waals surface area contributed by atoms with E-state index < -0.39 is 5.79 Å². The summed E-state index contributed by atoms with van der Waals surface area (Å²) in [4.78, 5) is 0. The normalized spacial score (nSPS) is 25.8. The monoisotopic (exact) mass is 208 g/mol. The zero-order valence-corrected chi connectivity index (χ0v) is 9.12. The van der Waals surface area contributed by atoms with Gasteiger partial charge in [0.05, 0.1) is 19.8 Å². The van der Waals surface area contributed by atoms with Crippen LogP contribution in [0.15, 0.2) is 18.2 Å². The molecule has 0 saturated heterocycles. The number of fused-ring (bicyclic) bond motifs is 1. The van der Waals surface area contributed by atoms with Crippen LogP contribution >= 0.6 is 0 Å². The van der Waals surface area contributed by atoms with Crippen molar-refractivity contribution in [2.75, 3.05) is 6.61 Å². The molecule has 1 aliphatic rings. The van der Waals surface area contributed by atoms with Crippen molar-refractivity contribution >= 4 is 0 Å². The van der Waals surface area contributed by atoms with Crippen LogP contribution in [-0.4, -0.2) is 17.5 Å². The highest BCUT2D eigenvalue weighted by atomic mass is 16.7. The summed E-state index contributed by atoms with van der Waals surface area (Å²) in [5.74, 6) is -0.868. The summed E-state index contributed by atoms with van der Waals surface area (Å²) in [6, 6.07) is 6.21. The third-order valence-electron chi connectivity index (χ3n) is 2.71. The third kappa shape index (κ3) is 2.20. The molecule has 0 aromatic heterocycles. The lowest BCUT2D eigenvalue weighted by Crippen LogP contribution is -2.34. The van der Waals surface area contributed by atoms with Crippen molar-refractivity contribution in [2.45, 2.75) is 32.8 Å². The molecule has 1 unspecified atom stereocenters. The van der Waals surface area contributed by atoms with Crippen molar-refractivity contribution < 1.29 is 14.6 Å². The van der Waals surface area contributed by atoms with Gasteiger partial charge in [-0.1, -0.05) is 23.8 Å². The average molecular weight is 208 g/mol. The smallest absolute Gasteiger partial charge is 0.189 e. The fourth-order valence-electron chi connectivity index (χ4n) is 1.62. The molecule has 1 aromatic carbocycles. The van der Waals surface area contributed by atoms with Crippen LogP contribution in [0.4, 0.5) is 0 Å². The van der Waals surface area contributed by atoms with E-state index in [0.717, 1.165) is 11.1 Å². The predicted octanol–water partition coefficient (Wildman–Crippen LogP) is 1.75. The van der Waals surface area contributed by atoms with E-state index in [1.807, 2.05) is 0 Å². The van der Waals surface area contributed by atoms with E-state index in [0.29, 0.717) is 13.2 Å². The Morgan fingerprint density at radius 1 is 1.27 bits per heavy atom. The second kappa shape index (κ2) is 3.93. The number of aliphatic hydroxyl groups excluding tert-OH is 1. The quantitative estimate of drug-likeness (QED) is 0.764. The summed E-state index contributed by atoms with van der Waals surface area (Å²) in [5, 5.41) is 9.16. The van der Waals surface area contributed by atoms with E-state index in [4.69, 9.17) is 14.6 Å². The van der Waals surface area contributed by atoms with Gasteiger partial charge in [-0.15, -0.1) is 0 Å². The van der Waals surface area contributed by atoms with Gasteiger partial charge < -0.3 is 14.6 Å². The minimum Gasteiger partial charge on any atom is -0.391 e. The number of benzene rings is 1. The Balaban J connectivity index is 2.25. The summed E-state index contributed by atoms with van der Waals surface area (Å²) in [6.45, 7) is 4.67. The van der Waals surface area contributed by atoms with Gasteiger partial charge in [0.15, 0.2) is 5.79 Å². The van der Waals surface area contributed by atoms with E-state index in [1.165, 1.54) is 5.56 Å². The lowest BCUT2D eigenvalue weighted by atomic mass is 10.1. The largest absolute Gasteiger partial charge is 0.391 e. The van der Waals surface area contributed by atoms with Crippen LogP contribution in [0.5, 0.6) is 0 Å². The van der Waals surface area contributed by atoms with Crippen molar-refractivity contribution in [3.05, 3.63) is 34.9 Å². The second-order valence-corrected chi connectivity index (χ2v) is 4.14. The molecule has 1 aliphatic heterocycles. The Morgan fingerprint density at radius 2 is 1.93 bits per heavy atom. The molecule has 1 aromatic rings. The van der Waals surface area contributed by atoms with Gasteiger partial charge in [0.25, 0.3) is 0 Å². The number of hydrogen-bond acceptors (Lipinski definition) is 3. The van der Waals surface area contributed by atoms with Gasteiger partial charge in [-0.25, -0.2) is 0 Å². The summed E-state index contributed by atoms with van der Waals surface area (Å²) in [6.07, 6.45) is 0. The highest BCUT2D eigenvalue weighted by molar-refractivity contribution is 5.31. The maximum absolute atomic E-state index is 9.16. The molecule has 0 radical (unpaired) electrons. The molecule has 1 atom stereocenters. The van der Waals surface area contributed by atoms with Crippen molar-refractivity contribution in [1.82, 2.24) is 0 Å². The highest BCUT2D eigenvalue weighted by Crippen LogP contribution is 2.24. The second-order valence-electron chi connectivity index (χ2n) is 4.14. The maximum atomic E-state index is 9.16. The lowest BCUT2D eigenvalue weighted by Gasteiger charge is -2.25. The molecule has 2 rings (SSSR count). The van der Waals surface area contributed by atoms with Crippen LogP contribution in [0.1, 0.15) is 23.6 Å². The van der Waals surface area contributed by atoms with E-state index in [-0.39, 0.29) is 6.61 Å². The average Bonchev–Trinajstić information content (AvgIpc) is 2.40. The van der Waals surface area contributed by atoms with Gasteiger partial charge in [0.1, 0.15) is 0 Å². The van der Waals surface area contributed by atoms with E-state index >= 15 is 0 Å². The highest BCUT2D eigenvalue weighted by Gasteiger charge is 2.28. The third-order valence-corrected chi connectivity index (χ3v) is 2.71. The minimum atomic E-state index is -0.868. The first-order valence-corrected chi connectivity index (χ1v) is 5.10. The van der Waals surface area contributed by atoms with Crippen LogP contribution < -0.4 is 0 Å². The molecule has 3 nitrogen and oxygen atoms in total. The fourth-order valence-corrected chi connectivity index (χ4v) is 1.62. The molecule has 0 saturated carbocycles. The summed E-state index contributed by atoms with van der Waals surface area (Å²) in [5.41, 5.74) is 3.50. The Bertz CT molecular complexity index is 362. The van der Waals surface area contributed by atoms with Crippen LogP contribution in [0, 0.1) is 6.92 Å². The predicted molar refractivity (Wildman–Crippen MR) is 56.2 cm³/mol. The number of hydrogen-bond donors (Lipinski definition) is 1. The lowest BCUT2D eigenvalue weighted by molar-refractivity contribution is -0.249. The Hall–Kier alpha value is -0.900. The summed E-state index contributed by atoms with van der Waals surface area (Å²) < 4.78 is 11.1. The van der Waals surface area contributed by atoms with E-state index in [1.54, 1.807) is 6.92 Å². The molecule has 0 spiro atoms. The summed E-state index contributed by atoms with van der Waals surface area (Å²) in [7, 11) is 0. The number of aliphatic hydroxyl groups is 1. The van der Waals surface area contributed by atoms with Gasteiger partial charge in [0, 0.05) is 0 Å². The van der Waals surface area contributed by atoms with Crippen LogP contribution in [-0.2, 0) is 22.7 Å². The van der Waals surface area contributed by atoms with Crippen LogP contribution in [0.3, 0.4) is 0 Å². The molecule has 15 heavy (non-hydrogen) atoms. The van der Waals surface area contributed by atoms with Crippen molar-refractivity contribution in [3.63, 3.8) is 0 Å². The van der Waals surface area contributed by atoms with Gasteiger partial charge >= 0.3 is 0 Å². The summed E-state index contributed by atoms with van der Waals surface area (Å²) >= 11 is 0. The SMILES string of the molecule is Cc1ccc2c(c1)COC(C)(CO)OC2. The Labute approximate surface area is 89.6 Å². The molecule has 0 fully saturated rings. The molecular weight excluding hydrogens is 192 g/mol. The van der Waals surface area contributed by atoms with Gasteiger partial charge in [0.2, 0.25) is 0 Å². The van der Waals surface area contributed by atoms with Crippen LogP contribution in [0.25, 0.3) is 0 Å². The molecule has 3 heteroatoms. The Kier molecular flexibility index (Phi) is 2.78. The zero-order valence-electron chi connectivity index (χ0n) is 9.12. The fraction of sp³-hybridized carbons (Fsp3) is 0.500. The van der Waals surface area contributed by atoms with E-state index in [2.05, 4.69) is 25.1 Å². The molecule has 0 amide bonds. The number of ether oxygens (including phenoxy) is 2. The first-order valence-electron chi connectivity index (χ1n) is 5.10. The molecule has 0 bridgehead atoms. The van der Waals surface area contributed by atoms with Gasteiger partial charge in [-0.05, 0) is 25.0 Å². The van der Waals surface area contributed by atoms with E-state index in [9.17, 15) is 0 Å². The van der Waals surface area contributed by atoms with Gasteiger partial charge in [-0.2, -0.15) is 0 Å². The van der Waals surface area contributed by atoms with Gasteiger partial charge in [-0.3, -0.25) is 0 Å². The van der Waals surface area contributed by atoms with Crippen LogP contribution in [0.2, 0.25) is 0 Å². The molecule has 82 valence electrons. The first kappa shape index (κ1) is 10.6. The van der Waals surface area contributed by atoms with Crippen molar-refractivity contribution in [1.29, 1.82) is 0 Å². The van der Waals surface area contributed by atoms with Crippen molar-refractivity contribution in [3.8, 4) is 0 Å². The number of rotatable bonds is 1. The zero-order chi connectivity index (χ0) is 10.9. The molecular formula is C12H16O3. The minimum absolute atomic E-state index is 0.125.